The second-order valence-electron chi connectivity index (χ2n) is 26.0. The number of aromatic hydroxyl groups is 2. The topological polar surface area (TPSA) is 396 Å². The first-order valence-electron chi connectivity index (χ1n) is 31.2. The number of aliphatic hydroxyl groups is 5. The van der Waals surface area contributed by atoms with Gasteiger partial charge in [0.15, 0.2) is 60.6 Å². The van der Waals surface area contributed by atoms with Crippen molar-refractivity contribution in [1.29, 1.82) is 0 Å². The Morgan fingerprint density at radius 2 is 1.37 bits per heavy atom. The van der Waals surface area contributed by atoms with E-state index in [1.165, 1.54) is 48.2 Å². The van der Waals surface area contributed by atoms with Crippen LogP contribution in [-0.2, 0) is 114 Å². The predicted molar refractivity (Wildman–Crippen MR) is 303 cm³/mol. The molecule has 0 radical (unpaired) electrons. The number of hydrogen-bond acceptors (Lipinski definition) is 32. The molecule has 93 heavy (non-hydrogen) atoms. The number of aryl methyl sites for hydroxylation is 1. The number of fused-ring (bicyclic) bond motifs is 4. The van der Waals surface area contributed by atoms with E-state index < -0.39 is 229 Å². The minimum absolute atomic E-state index is 0.00279. The number of carbonyl (C=O) groups is 3. The number of methoxy groups -OCH3 is 3. The number of esters is 2. The molecule has 10 fully saturated rings. The number of phenolic OH excluding ortho intramolecular Hbond substituents is 2. The normalized spacial score (nSPS) is 48.1. The average Bonchev–Trinajstić information content (AvgIpc) is 1.59. The Kier molecular flexibility index (Phi) is 21.0. The zero-order chi connectivity index (χ0) is 67.3. The molecule has 0 saturated carbocycles. The highest BCUT2D eigenvalue weighted by molar-refractivity contribution is 6.34. The Morgan fingerprint density at radius 1 is 0.677 bits per heavy atom. The van der Waals surface area contributed by atoms with Crippen LogP contribution in [0.25, 0.3) is 0 Å². The summed E-state index contributed by atoms with van der Waals surface area (Å²) in [6.45, 7) is 15.0. The van der Waals surface area contributed by atoms with Crippen molar-refractivity contribution >= 4 is 29.3 Å². The molecule has 0 aromatic heterocycles. The summed E-state index contributed by atoms with van der Waals surface area (Å²) in [6.07, 6.45) is -32.8. The fourth-order valence-corrected chi connectivity index (χ4v) is 14.5. The summed E-state index contributed by atoms with van der Waals surface area (Å²) in [6, 6.07) is 1.19. The van der Waals surface area contributed by atoms with Crippen molar-refractivity contribution in [2.75, 3.05) is 41.3 Å². The highest BCUT2D eigenvalue weighted by Crippen LogP contribution is 2.53. The lowest BCUT2D eigenvalue weighted by atomic mass is 9.81. The smallest absolute Gasteiger partial charge is 0.342 e. The van der Waals surface area contributed by atoms with Gasteiger partial charge in [0, 0.05) is 34.2 Å². The first kappa shape index (κ1) is 71.0. The first-order valence-corrected chi connectivity index (χ1v) is 31.6. The summed E-state index contributed by atoms with van der Waals surface area (Å²) in [5.41, 5.74) is -3.43. The lowest BCUT2D eigenvalue weighted by Crippen LogP contribution is -2.72. The quantitative estimate of drug-likeness (QED) is 0.102. The van der Waals surface area contributed by atoms with Gasteiger partial charge in [-0.05, 0) is 67.0 Å². The number of benzene rings is 1. The summed E-state index contributed by atoms with van der Waals surface area (Å²) in [5, 5.41) is 79.1. The van der Waals surface area contributed by atoms with Gasteiger partial charge in [-0.15, -0.1) is 0 Å². The molecule has 33 heteroatoms. The van der Waals surface area contributed by atoms with Crippen LogP contribution in [-0.4, -0.2) is 284 Å². The third kappa shape index (κ3) is 13.1. The molecular weight excluding hydrogens is 1270 g/mol. The number of carbonyl (C=O) groups excluding carboxylic acids is 3. The van der Waals surface area contributed by atoms with E-state index in [0.29, 0.717) is 0 Å². The highest BCUT2D eigenvalue weighted by Gasteiger charge is 2.73. The molecule has 10 aliphatic rings. The largest absolute Gasteiger partial charge is 0.506 e. The van der Waals surface area contributed by atoms with Gasteiger partial charge in [-0.25, -0.2) is 4.79 Å². The number of ether oxygens (including phenoxy) is 22. The monoisotopic (exact) mass is 1350 g/mol. The van der Waals surface area contributed by atoms with E-state index in [9.17, 15) is 50.1 Å². The van der Waals surface area contributed by atoms with Gasteiger partial charge in [0.05, 0.1) is 68.3 Å². The van der Waals surface area contributed by atoms with Crippen molar-refractivity contribution in [3.05, 3.63) is 22.2 Å². The Balaban J connectivity index is 0.724. The number of ketones is 1. The maximum absolute atomic E-state index is 13.4. The molecule has 1 aromatic carbocycles. The standard InChI is InChI=1S/C60H87ClO32/c1-21(2)52(69)85-48-45-33(90-60(91-45)51-50(76-20-77-51)59(71,27(8)62)28(9)89-60)19-75-55(48)87-56-47(74-13)39(67)44(32(81-56)18-72-11)86-54-40(68)46(43(73-12)24(5)80-54)83-35-17-57(10)49(26(7)79-35)92-58(93-57)16-31(65)42(25(6)88-58)82-34-15-30(64)41(23(4)78-34)84-53(70)36-22(3)14-29(63)37(61)38(36)66/h14,21,23-26,28,30-35,39-51,54-56,63-68,71H,15-20H2,1-13H3/t23-,24-,25-,26-,28-,30-,31-,32-,33+,34+,35+,39+,40-,41-,42-,43+,44-,45-,46-,47+,48-,49-,50-,51-,54+,55-,56+,57-,58?,59+,60-/m1/s1. The zero-order valence-electron chi connectivity index (χ0n) is 53.7. The molecule has 2 spiro atoms. The van der Waals surface area contributed by atoms with Crippen LogP contribution in [0.1, 0.15) is 97.5 Å². The number of phenols is 2. The minimum atomic E-state index is -2.13. The van der Waals surface area contributed by atoms with Crippen LogP contribution in [0.3, 0.4) is 0 Å². The summed E-state index contributed by atoms with van der Waals surface area (Å²) < 4.78 is 136. The maximum Gasteiger partial charge on any atom is 0.342 e. The lowest BCUT2D eigenvalue weighted by molar-refractivity contribution is -0.428. The Hall–Kier alpha value is -3.28. The van der Waals surface area contributed by atoms with Crippen molar-refractivity contribution in [2.45, 2.75) is 277 Å². The lowest BCUT2D eigenvalue weighted by Gasteiger charge is -2.49. The van der Waals surface area contributed by atoms with Crippen LogP contribution in [0.4, 0.5) is 0 Å². The fourth-order valence-electron chi connectivity index (χ4n) is 14.4. The van der Waals surface area contributed by atoms with Gasteiger partial charge in [0.25, 0.3) is 5.97 Å². The van der Waals surface area contributed by atoms with Crippen LogP contribution in [0, 0.1) is 12.8 Å². The second-order valence-corrected chi connectivity index (χ2v) is 26.3. The van der Waals surface area contributed by atoms with E-state index in [4.69, 9.17) is 116 Å². The van der Waals surface area contributed by atoms with Gasteiger partial charge in [-0.3, -0.25) is 9.59 Å². The van der Waals surface area contributed by atoms with Gasteiger partial charge in [-0.1, -0.05) is 25.4 Å². The summed E-state index contributed by atoms with van der Waals surface area (Å²) in [7, 11) is 4.10. The summed E-state index contributed by atoms with van der Waals surface area (Å²) in [4.78, 5) is 39.5. The molecule has 32 nitrogen and oxygen atoms in total. The number of aliphatic hydroxyl groups excluding tert-OH is 4. The van der Waals surface area contributed by atoms with E-state index in [1.807, 2.05) is 0 Å². The van der Waals surface area contributed by atoms with E-state index in [2.05, 4.69) is 0 Å². The third-order valence-corrected chi connectivity index (χ3v) is 19.4. The van der Waals surface area contributed by atoms with Crippen molar-refractivity contribution < 1.29 is 154 Å². The molecular formula is C60H87ClO32. The van der Waals surface area contributed by atoms with Gasteiger partial charge < -0.3 is 140 Å². The molecule has 10 saturated heterocycles. The maximum atomic E-state index is 13.4. The van der Waals surface area contributed by atoms with E-state index >= 15 is 0 Å². The minimum Gasteiger partial charge on any atom is -0.506 e. The average molecular weight is 1360 g/mol. The molecule has 1 unspecified atom stereocenters. The molecule has 11 rings (SSSR count). The van der Waals surface area contributed by atoms with Crippen molar-refractivity contribution in [2.24, 2.45) is 5.92 Å². The number of Topliss-reactive ketones (excluding diaryl/α,β-unsaturated/α-hetero) is 1. The van der Waals surface area contributed by atoms with Gasteiger partial charge in [0.1, 0.15) is 102 Å². The highest BCUT2D eigenvalue weighted by atomic mass is 35.5. The SMILES string of the molecule is COC[C@H]1O[C@@H](O[C@H]2OC[C@@H]3O[C@]4(O[C@H]3[C@H]2OC(=O)C(C)C)O[C@H](C)[C@@](O)(C(C)=O)[C@@H]2OCO[C@H]24)[C@@H](OC)[C@@H](O)[C@@H]1O[C@@H]1O[C@H](C)[C@H](OC)[C@H](O[C@H]2C[C@@]3(C)OC4(C[C@@H](O)[C@H](O[C@H]5C[C@@H](O)[C@H](OC(=O)c6c(C)cc(O)c(Cl)c6O)[C@@H](C)O5)[C@@H](C)O4)O[C@@H]3[C@@H](C)O2)[C@H]1O. The second kappa shape index (κ2) is 27.4. The van der Waals surface area contributed by atoms with E-state index in [-0.39, 0.29) is 50.4 Å². The van der Waals surface area contributed by atoms with Gasteiger partial charge in [-0.2, -0.15) is 0 Å². The van der Waals surface area contributed by atoms with E-state index in [0.717, 1.165) is 0 Å². The molecule has 31 atom stereocenters. The predicted octanol–water partition coefficient (Wildman–Crippen LogP) is 0.0956. The zero-order valence-corrected chi connectivity index (χ0v) is 54.5. The van der Waals surface area contributed by atoms with Crippen LogP contribution in [0.2, 0.25) is 5.02 Å². The molecule has 0 amide bonds. The van der Waals surface area contributed by atoms with Crippen LogP contribution < -0.4 is 0 Å². The Morgan fingerprint density at radius 3 is 2.03 bits per heavy atom. The van der Waals surface area contributed by atoms with E-state index in [1.54, 1.807) is 48.5 Å². The Labute approximate surface area is 540 Å². The van der Waals surface area contributed by atoms with Crippen LogP contribution in [0.5, 0.6) is 11.5 Å². The molecule has 7 N–H and O–H groups in total. The molecule has 0 aliphatic carbocycles. The molecule has 0 bridgehead atoms. The summed E-state index contributed by atoms with van der Waals surface area (Å²) >= 11 is 5.97. The summed E-state index contributed by atoms with van der Waals surface area (Å²) in [5.74, 6) is -7.94. The number of halogens is 1. The molecule has 1 aromatic rings. The molecule has 10 aliphatic heterocycles. The number of hydrogen-bond donors (Lipinski definition) is 7. The van der Waals surface area contributed by atoms with Gasteiger partial charge >= 0.3 is 17.9 Å². The molecule has 526 valence electrons. The number of rotatable bonds is 17. The van der Waals surface area contributed by atoms with Crippen LogP contribution >= 0.6 is 11.6 Å². The Bertz CT molecular complexity index is 2810. The van der Waals surface area contributed by atoms with Gasteiger partial charge in [0.2, 0.25) is 6.29 Å². The first-order chi connectivity index (χ1) is 43.9. The van der Waals surface area contributed by atoms with Crippen LogP contribution in [0.15, 0.2) is 6.07 Å². The third-order valence-electron chi connectivity index (χ3n) is 19.1. The fraction of sp³-hybridized carbons (Fsp3) is 0.850. The molecule has 10 heterocycles. The van der Waals surface area contributed by atoms with Crippen molar-refractivity contribution in [3.8, 4) is 11.5 Å². The van der Waals surface area contributed by atoms with Crippen molar-refractivity contribution in [3.63, 3.8) is 0 Å². The van der Waals surface area contributed by atoms with Crippen molar-refractivity contribution in [1.82, 2.24) is 0 Å².